The Morgan fingerprint density at radius 3 is 2.54 bits per heavy atom. The molecule has 0 saturated carbocycles. The molecular weight excluding hydrogens is 305 g/mol. The molecule has 0 bridgehead atoms. The van der Waals surface area contributed by atoms with Crippen molar-refractivity contribution < 1.29 is 18.8 Å². The Hall–Kier alpha value is -1.63. The van der Waals surface area contributed by atoms with Crippen LogP contribution in [0.2, 0.25) is 0 Å². The topological polar surface area (TPSA) is 70.8 Å². The van der Waals surface area contributed by atoms with E-state index in [-0.39, 0.29) is 5.78 Å². The minimum absolute atomic E-state index is 0.122. The van der Waals surface area contributed by atoms with Gasteiger partial charge in [-0.05, 0) is 50.9 Å². The van der Waals surface area contributed by atoms with Crippen LogP contribution in [0.15, 0.2) is 23.7 Å². The van der Waals surface area contributed by atoms with Crippen LogP contribution in [-0.2, 0) is 9.31 Å². The van der Waals surface area contributed by atoms with Crippen molar-refractivity contribution in [2.75, 3.05) is 13.2 Å². The normalized spacial score (nSPS) is 22.3. The second-order valence-electron chi connectivity index (χ2n) is 7.29. The largest absolute Gasteiger partial charge is 0.492 e. The van der Waals surface area contributed by atoms with Gasteiger partial charge in [0.15, 0.2) is 5.78 Å². The maximum atomic E-state index is 11.9. The monoisotopic (exact) mass is 329 g/mol. The maximum absolute atomic E-state index is 11.9. The van der Waals surface area contributed by atoms with Gasteiger partial charge in [0.1, 0.15) is 5.75 Å². The smallest absolute Gasteiger partial charge is 0.491 e. The summed E-state index contributed by atoms with van der Waals surface area (Å²) in [7, 11) is -0.474. The molecule has 128 valence electrons. The van der Waals surface area contributed by atoms with Crippen molar-refractivity contribution in [1.82, 2.24) is 0 Å². The minimum atomic E-state index is -0.474. The highest BCUT2D eigenvalue weighted by Gasteiger charge is 2.52. The number of carbonyl (C=O) groups is 1. The van der Waals surface area contributed by atoms with Crippen LogP contribution >= 0.6 is 0 Å². The van der Waals surface area contributed by atoms with E-state index < -0.39 is 18.3 Å². The molecule has 1 saturated heterocycles. The Bertz CT molecular complexity index is 680. The Kier molecular flexibility index (Phi) is 4.32. The van der Waals surface area contributed by atoms with Gasteiger partial charge in [-0.3, -0.25) is 4.79 Å². The average molecular weight is 329 g/mol. The maximum Gasteiger partial charge on any atom is 0.491 e. The molecule has 0 aliphatic carbocycles. The number of fused-ring (bicyclic) bond motifs is 1. The van der Waals surface area contributed by atoms with E-state index in [2.05, 4.69) is 0 Å². The second kappa shape index (κ2) is 6.03. The number of nitrogens with two attached hydrogens (primary N) is 1. The Morgan fingerprint density at radius 2 is 1.92 bits per heavy atom. The summed E-state index contributed by atoms with van der Waals surface area (Å²) in [5.74, 6) is 0.752. The van der Waals surface area contributed by atoms with Crippen molar-refractivity contribution in [3.05, 3.63) is 34.8 Å². The van der Waals surface area contributed by atoms with E-state index in [1.165, 1.54) is 0 Å². The molecule has 5 nitrogen and oxygen atoms in total. The van der Waals surface area contributed by atoms with Gasteiger partial charge in [0.2, 0.25) is 0 Å². The number of hydrogen-bond donors (Lipinski definition) is 1. The lowest BCUT2D eigenvalue weighted by Gasteiger charge is -2.32. The van der Waals surface area contributed by atoms with Gasteiger partial charge in [0, 0.05) is 13.0 Å². The van der Waals surface area contributed by atoms with Crippen LogP contribution in [0.3, 0.4) is 0 Å². The quantitative estimate of drug-likeness (QED) is 0.863. The third-order valence-corrected chi connectivity index (χ3v) is 5.04. The molecule has 1 aromatic carbocycles. The number of hydrogen-bond acceptors (Lipinski definition) is 5. The van der Waals surface area contributed by atoms with Crippen molar-refractivity contribution in [1.29, 1.82) is 0 Å². The summed E-state index contributed by atoms with van der Waals surface area (Å²) in [5.41, 5.74) is 7.53. The fraction of sp³-hybridized carbons (Fsp3) is 0.500. The Balaban J connectivity index is 1.88. The summed E-state index contributed by atoms with van der Waals surface area (Å²) in [5, 5.41) is 0. The second-order valence-corrected chi connectivity index (χ2v) is 7.29. The zero-order chi connectivity index (χ0) is 17.5. The first-order valence-electron chi connectivity index (χ1n) is 8.30. The SMILES string of the molecule is CC1(C)OB(C(=Cc2ccc3c(c2)OCCC3=O)CN)OC1(C)C. The molecule has 0 atom stereocenters. The molecule has 6 heteroatoms. The van der Waals surface area contributed by atoms with Crippen LogP contribution in [0.5, 0.6) is 5.75 Å². The zero-order valence-electron chi connectivity index (χ0n) is 14.7. The van der Waals surface area contributed by atoms with Crippen LogP contribution < -0.4 is 10.5 Å². The van der Waals surface area contributed by atoms with Crippen molar-refractivity contribution in [3.63, 3.8) is 0 Å². The molecular formula is C18H24BNO4. The van der Waals surface area contributed by atoms with Gasteiger partial charge in [-0.1, -0.05) is 12.1 Å². The van der Waals surface area contributed by atoms with Crippen LogP contribution in [0.25, 0.3) is 6.08 Å². The highest BCUT2D eigenvalue weighted by Crippen LogP contribution is 2.38. The van der Waals surface area contributed by atoms with Gasteiger partial charge in [-0.15, -0.1) is 0 Å². The number of carbonyl (C=O) groups excluding carboxylic acids is 1. The van der Waals surface area contributed by atoms with Crippen LogP contribution in [-0.4, -0.2) is 37.3 Å². The molecule has 1 aromatic rings. The molecule has 2 aliphatic rings. The molecule has 0 radical (unpaired) electrons. The molecule has 0 aromatic heterocycles. The van der Waals surface area contributed by atoms with E-state index in [0.29, 0.717) is 30.9 Å². The van der Waals surface area contributed by atoms with Crippen LogP contribution in [0, 0.1) is 0 Å². The number of rotatable bonds is 3. The minimum Gasteiger partial charge on any atom is -0.492 e. The van der Waals surface area contributed by atoms with Gasteiger partial charge in [-0.2, -0.15) is 0 Å². The van der Waals surface area contributed by atoms with Crippen molar-refractivity contribution >= 4 is 19.0 Å². The number of Topliss-reactive ketones (excluding diaryl/α,β-unsaturated/α-hetero) is 1. The van der Waals surface area contributed by atoms with E-state index in [1.54, 1.807) is 6.07 Å². The Morgan fingerprint density at radius 1 is 1.25 bits per heavy atom. The molecule has 0 amide bonds. The summed E-state index contributed by atoms with van der Waals surface area (Å²) in [6, 6.07) is 5.57. The summed E-state index contributed by atoms with van der Waals surface area (Å²) >= 11 is 0. The highest BCUT2D eigenvalue weighted by molar-refractivity contribution is 6.55. The van der Waals surface area contributed by atoms with Crippen molar-refractivity contribution in [2.45, 2.75) is 45.3 Å². The molecule has 1 fully saturated rings. The van der Waals surface area contributed by atoms with Crippen LogP contribution in [0.1, 0.15) is 50.0 Å². The lowest BCUT2D eigenvalue weighted by molar-refractivity contribution is 0.00578. The Labute approximate surface area is 143 Å². The molecule has 2 heterocycles. The third-order valence-electron chi connectivity index (χ3n) is 5.04. The molecule has 24 heavy (non-hydrogen) atoms. The molecule has 0 spiro atoms. The molecule has 3 rings (SSSR count). The summed E-state index contributed by atoms with van der Waals surface area (Å²) < 4.78 is 17.7. The van der Waals surface area contributed by atoms with E-state index in [9.17, 15) is 4.79 Å². The van der Waals surface area contributed by atoms with E-state index in [4.69, 9.17) is 19.8 Å². The third kappa shape index (κ3) is 3.01. The number of ether oxygens (including phenoxy) is 1. The predicted octanol–water partition coefficient (Wildman–Crippen LogP) is 2.63. The number of ketones is 1. The average Bonchev–Trinajstić information content (AvgIpc) is 2.73. The van der Waals surface area contributed by atoms with Crippen LogP contribution in [0.4, 0.5) is 0 Å². The summed E-state index contributed by atoms with van der Waals surface area (Å²) in [4.78, 5) is 11.9. The van der Waals surface area contributed by atoms with E-state index in [0.717, 1.165) is 11.0 Å². The molecule has 2 aliphatic heterocycles. The first-order chi connectivity index (χ1) is 11.2. The van der Waals surface area contributed by atoms with Crippen molar-refractivity contribution in [3.8, 4) is 5.75 Å². The van der Waals surface area contributed by atoms with Gasteiger partial charge in [0.05, 0.1) is 23.4 Å². The lowest BCUT2D eigenvalue weighted by atomic mass is 9.77. The van der Waals surface area contributed by atoms with E-state index in [1.807, 2.05) is 45.9 Å². The standard InChI is InChI=1S/C18H24BNO4/c1-17(2)18(3,4)24-19(23-17)13(11-20)9-12-5-6-14-15(21)7-8-22-16(14)10-12/h5-6,9-10H,7-8,11,20H2,1-4H3. The summed E-state index contributed by atoms with van der Waals surface area (Å²) in [6.45, 7) is 8.81. The van der Waals surface area contributed by atoms with Gasteiger partial charge in [-0.25, -0.2) is 0 Å². The predicted molar refractivity (Wildman–Crippen MR) is 94.0 cm³/mol. The highest BCUT2D eigenvalue weighted by atomic mass is 16.7. The fourth-order valence-corrected chi connectivity index (χ4v) is 2.80. The first kappa shape index (κ1) is 17.2. The summed E-state index contributed by atoms with van der Waals surface area (Å²) in [6.07, 6.45) is 2.38. The lowest BCUT2D eigenvalue weighted by Crippen LogP contribution is -2.41. The van der Waals surface area contributed by atoms with Gasteiger partial charge >= 0.3 is 7.12 Å². The van der Waals surface area contributed by atoms with E-state index >= 15 is 0 Å². The van der Waals surface area contributed by atoms with Gasteiger partial charge < -0.3 is 19.8 Å². The zero-order valence-corrected chi connectivity index (χ0v) is 14.7. The van der Waals surface area contributed by atoms with Gasteiger partial charge in [0.25, 0.3) is 0 Å². The number of benzene rings is 1. The molecule has 2 N–H and O–H groups in total. The fourth-order valence-electron chi connectivity index (χ4n) is 2.80. The van der Waals surface area contributed by atoms with Crippen molar-refractivity contribution in [2.24, 2.45) is 5.73 Å². The first-order valence-corrected chi connectivity index (χ1v) is 8.30. The molecule has 0 unspecified atom stereocenters.